The average Bonchev–Trinajstić information content (AvgIpc) is 1.99. The van der Waals surface area contributed by atoms with Crippen molar-refractivity contribution in [3.8, 4) is 0 Å². The Morgan fingerprint density at radius 2 is 1.87 bits per heavy atom. The third-order valence-corrected chi connectivity index (χ3v) is 2.18. The second kappa shape index (κ2) is 6.11. The van der Waals surface area contributed by atoms with Crippen molar-refractivity contribution in [3.63, 3.8) is 0 Å². The molecule has 0 aliphatic rings. The van der Waals surface area contributed by atoms with Crippen LogP contribution < -0.4 is 5.32 Å². The number of hydrogen-bond acceptors (Lipinski definition) is 2. The summed E-state index contributed by atoms with van der Waals surface area (Å²) in [7, 11) is 0. The molecule has 0 fully saturated rings. The molecule has 3 heteroatoms. The topological polar surface area (TPSA) is 49.3 Å². The van der Waals surface area contributed by atoms with Crippen LogP contribution in [0.25, 0.3) is 0 Å². The molecule has 0 aromatic rings. The molecule has 0 saturated heterocycles. The van der Waals surface area contributed by atoms with Gasteiger partial charge >= 0.3 is 0 Å². The zero-order valence-electron chi connectivity index (χ0n) is 10.6. The van der Waals surface area contributed by atoms with Gasteiger partial charge in [-0.1, -0.05) is 27.7 Å². The Hall–Kier alpha value is -0.570. The van der Waals surface area contributed by atoms with Gasteiger partial charge in [0.05, 0.1) is 6.61 Å². The van der Waals surface area contributed by atoms with Crippen LogP contribution in [0.1, 0.15) is 47.5 Å². The molecule has 1 amide bonds. The first kappa shape index (κ1) is 14.4. The minimum absolute atomic E-state index is 0.000603. The maximum Gasteiger partial charge on any atom is 0.220 e. The summed E-state index contributed by atoms with van der Waals surface area (Å²) in [5.41, 5.74) is 0.266. The number of aliphatic hydroxyl groups excluding tert-OH is 1. The molecule has 0 heterocycles. The molecule has 2 unspecified atom stereocenters. The van der Waals surface area contributed by atoms with Crippen LogP contribution in [-0.2, 0) is 4.79 Å². The lowest BCUT2D eigenvalue weighted by Gasteiger charge is -2.23. The number of hydrogen-bond donors (Lipinski definition) is 2. The SMILES string of the molecule is CC(CC(=O)NC(C)CO)CC(C)(C)C. The first-order valence-corrected chi connectivity index (χ1v) is 5.65. The van der Waals surface area contributed by atoms with Gasteiger partial charge in [0.2, 0.25) is 5.91 Å². The summed E-state index contributed by atoms with van der Waals surface area (Å²) in [5.74, 6) is 0.421. The summed E-state index contributed by atoms with van der Waals surface area (Å²) in [5, 5.41) is 11.5. The predicted molar refractivity (Wildman–Crippen MR) is 62.5 cm³/mol. The molecule has 0 bridgehead atoms. The lowest BCUT2D eigenvalue weighted by atomic mass is 9.84. The van der Waals surface area contributed by atoms with E-state index in [4.69, 9.17) is 5.11 Å². The van der Waals surface area contributed by atoms with E-state index in [2.05, 4.69) is 33.0 Å². The Bertz CT molecular complexity index is 196. The van der Waals surface area contributed by atoms with Gasteiger partial charge in [-0.05, 0) is 24.7 Å². The van der Waals surface area contributed by atoms with Gasteiger partial charge in [0.25, 0.3) is 0 Å². The summed E-state index contributed by atoms with van der Waals surface area (Å²) in [6.07, 6.45) is 1.58. The van der Waals surface area contributed by atoms with E-state index in [-0.39, 0.29) is 24.0 Å². The van der Waals surface area contributed by atoms with Gasteiger partial charge in [-0.15, -0.1) is 0 Å². The normalized spacial score (nSPS) is 15.9. The van der Waals surface area contributed by atoms with Gasteiger partial charge in [-0.25, -0.2) is 0 Å². The number of aliphatic hydroxyl groups is 1. The first-order valence-electron chi connectivity index (χ1n) is 5.65. The molecule has 3 nitrogen and oxygen atoms in total. The highest BCUT2D eigenvalue weighted by Crippen LogP contribution is 2.25. The van der Waals surface area contributed by atoms with Crippen molar-refractivity contribution in [2.24, 2.45) is 11.3 Å². The maximum atomic E-state index is 11.5. The third kappa shape index (κ3) is 8.43. The van der Waals surface area contributed by atoms with Crippen LogP contribution in [-0.4, -0.2) is 23.7 Å². The lowest BCUT2D eigenvalue weighted by molar-refractivity contribution is -0.122. The van der Waals surface area contributed by atoms with Crippen LogP contribution in [0.4, 0.5) is 0 Å². The van der Waals surface area contributed by atoms with E-state index in [0.717, 1.165) is 6.42 Å². The Morgan fingerprint density at radius 1 is 1.33 bits per heavy atom. The van der Waals surface area contributed by atoms with E-state index >= 15 is 0 Å². The van der Waals surface area contributed by atoms with Crippen LogP contribution in [0.15, 0.2) is 0 Å². The second-order valence-corrected chi connectivity index (χ2v) is 5.73. The Balaban J connectivity index is 3.87. The van der Waals surface area contributed by atoms with Gasteiger partial charge < -0.3 is 10.4 Å². The van der Waals surface area contributed by atoms with Gasteiger partial charge in [0.1, 0.15) is 0 Å². The smallest absolute Gasteiger partial charge is 0.220 e. The fourth-order valence-corrected chi connectivity index (χ4v) is 1.81. The quantitative estimate of drug-likeness (QED) is 0.736. The maximum absolute atomic E-state index is 11.5. The molecule has 0 spiro atoms. The predicted octanol–water partition coefficient (Wildman–Crippen LogP) is 1.95. The summed E-state index contributed by atoms with van der Waals surface area (Å²) in [6.45, 7) is 10.4. The average molecular weight is 215 g/mol. The third-order valence-electron chi connectivity index (χ3n) is 2.18. The molecule has 0 aliphatic carbocycles. The second-order valence-electron chi connectivity index (χ2n) is 5.73. The first-order chi connectivity index (χ1) is 6.74. The van der Waals surface area contributed by atoms with E-state index in [1.54, 1.807) is 6.92 Å². The highest BCUT2D eigenvalue weighted by molar-refractivity contribution is 5.76. The molecule has 90 valence electrons. The fourth-order valence-electron chi connectivity index (χ4n) is 1.81. The zero-order chi connectivity index (χ0) is 12.1. The van der Waals surface area contributed by atoms with Crippen molar-refractivity contribution in [1.82, 2.24) is 5.32 Å². The van der Waals surface area contributed by atoms with Crippen molar-refractivity contribution in [2.75, 3.05) is 6.61 Å². The monoisotopic (exact) mass is 215 g/mol. The molecular weight excluding hydrogens is 190 g/mol. The standard InChI is InChI=1S/C12H25NO2/c1-9(7-12(3,4)5)6-11(15)13-10(2)8-14/h9-10,14H,6-8H2,1-5H3,(H,13,15). The van der Waals surface area contributed by atoms with Gasteiger partial charge in [0, 0.05) is 12.5 Å². The van der Waals surface area contributed by atoms with E-state index in [0.29, 0.717) is 12.3 Å². The van der Waals surface area contributed by atoms with Crippen molar-refractivity contribution >= 4 is 5.91 Å². The molecule has 0 saturated carbocycles. The van der Waals surface area contributed by atoms with Crippen molar-refractivity contribution in [1.29, 1.82) is 0 Å². The largest absolute Gasteiger partial charge is 0.394 e. The molecule has 15 heavy (non-hydrogen) atoms. The van der Waals surface area contributed by atoms with E-state index in [9.17, 15) is 4.79 Å². The Kier molecular flexibility index (Phi) is 5.88. The number of amides is 1. The van der Waals surface area contributed by atoms with E-state index < -0.39 is 0 Å². The molecule has 0 radical (unpaired) electrons. The Morgan fingerprint density at radius 3 is 2.27 bits per heavy atom. The van der Waals surface area contributed by atoms with Crippen molar-refractivity contribution < 1.29 is 9.90 Å². The molecule has 0 aliphatic heterocycles. The Labute approximate surface area is 93.3 Å². The number of nitrogens with one attached hydrogen (secondary N) is 1. The minimum Gasteiger partial charge on any atom is -0.394 e. The highest BCUT2D eigenvalue weighted by atomic mass is 16.3. The van der Waals surface area contributed by atoms with Gasteiger partial charge in [0.15, 0.2) is 0 Å². The molecule has 0 aromatic heterocycles. The molecule has 2 atom stereocenters. The number of rotatable bonds is 5. The van der Waals surface area contributed by atoms with Crippen LogP contribution in [0.5, 0.6) is 0 Å². The summed E-state index contributed by atoms with van der Waals surface area (Å²) in [4.78, 5) is 11.5. The summed E-state index contributed by atoms with van der Waals surface area (Å²) in [6, 6.07) is -0.140. The summed E-state index contributed by atoms with van der Waals surface area (Å²) < 4.78 is 0. The van der Waals surface area contributed by atoms with Gasteiger partial charge in [-0.3, -0.25) is 4.79 Å². The highest BCUT2D eigenvalue weighted by Gasteiger charge is 2.18. The molecule has 0 rings (SSSR count). The lowest BCUT2D eigenvalue weighted by Crippen LogP contribution is -2.36. The van der Waals surface area contributed by atoms with E-state index in [1.807, 2.05) is 0 Å². The van der Waals surface area contributed by atoms with Crippen molar-refractivity contribution in [3.05, 3.63) is 0 Å². The molecule has 2 N–H and O–H groups in total. The van der Waals surface area contributed by atoms with Gasteiger partial charge in [-0.2, -0.15) is 0 Å². The van der Waals surface area contributed by atoms with Crippen LogP contribution in [0.3, 0.4) is 0 Å². The number of carbonyl (C=O) groups excluding carboxylic acids is 1. The van der Waals surface area contributed by atoms with Crippen LogP contribution in [0, 0.1) is 11.3 Å². The number of carbonyl (C=O) groups is 1. The summed E-state index contributed by atoms with van der Waals surface area (Å²) >= 11 is 0. The van der Waals surface area contributed by atoms with Crippen molar-refractivity contribution in [2.45, 2.75) is 53.5 Å². The van der Waals surface area contributed by atoms with Crippen LogP contribution in [0.2, 0.25) is 0 Å². The van der Waals surface area contributed by atoms with Crippen LogP contribution >= 0.6 is 0 Å². The molecule has 0 aromatic carbocycles. The van der Waals surface area contributed by atoms with E-state index in [1.165, 1.54) is 0 Å². The molecular formula is C12H25NO2. The fraction of sp³-hybridized carbons (Fsp3) is 0.917. The zero-order valence-corrected chi connectivity index (χ0v) is 10.6. The minimum atomic E-state index is -0.140.